The van der Waals surface area contributed by atoms with Crippen molar-refractivity contribution in [1.82, 2.24) is 5.23 Å². The Balaban J connectivity index is 2.55. The Morgan fingerprint density at radius 1 is 1.57 bits per heavy atom. The molecule has 3 unspecified atom stereocenters. The van der Waals surface area contributed by atoms with E-state index < -0.39 is 30.9 Å². The highest BCUT2D eigenvalue weighted by molar-refractivity contribution is 6.45. The van der Waals surface area contributed by atoms with Crippen molar-refractivity contribution in [2.75, 3.05) is 6.61 Å². The number of rotatable bonds is 5. The summed E-state index contributed by atoms with van der Waals surface area (Å²) < 4.78 is 26.2. The van der Waals surface area contributed by atoms with Crippen molar-refractivity contribution in [2.45, 2.75) is 32.1 Å². The van der Waals surface area contributed by atoms with E-state index in [0.717, 1.165) is 0 Å². The fourth-order valence-electron chi connectivity index (χ4n) is 2.07. The second kappa shape index (κ2) is 4.12. The topological polar surface area (TPSA) is 52.5 Å². The van der Waals surface area contributed by atoms with Gasteiger partial charge in [-0.15, -0.1) is 0 Å². The van der Waals surface area contributed by atoms with Gasteiger partial charge in [-0.25, -0.2) is 8.78 Å². The van der Waals surface area contributed by atoms with Gasteiger partial charge in [-0.2, -0.15) is 0 Å². The molecule has 0 aromatic heterocycles. The lowest BCUT2D eigenvalue weighted by Gasteiger charge is -2.16. The first-order valence-electron chi connectivity index (χ1n) is 4.87. The van der Waals surface area contributed by atoms with Gasteiger partial charge in [0.05, 0.1) is 6.61 Å². The zero-order valence-electron chi connectivity index (χ0n) is 8.37. The summed E-state index contributed by atoms with van der Waals surface area (Å²) in [6.45, 7) is 2.78. The molecule has 0 amide bonds. The first kappa shape index (κ1) is 11.9. The van der Waals surface area contributed by atoms with E-state index in [9.17, 15) is 8.78 Å². The van der Waals surface area contributed by atoms with Gasteiger partial charge >= 0.3 is 7.05 Å². The fraction of sp³-hybridized carbons (Fsp3) is 1.00. The first-order valence-corrected chi connectivity index (χ1v) is 4.87. The summed E-state index contributed by atoms with van der Waals surface area (Å²) in [5.41, 5.74) is 0. The average Bonchev–Trinajstić information content (AvgIpc) is 2.63. The maximum Gasteiger partial charge on any atom is 0.373 e. The molecule has 1 saturated carbocycles. The summed E-state index contributed by atoms with van der Waals surface area (Å²) in [5, 5.41) is 20.5. The lowest BCUT2D eigenvalue weighted by atomic mass is 9.86. The first-order chi connectivity index (χ1) is 6.45. The number of hydrogen-bond donors (Lipinski definition) is 3. The highest BCUT2D eigenvalue weighted by atomic mass is 19.3. The molecule has 1 rings (SSSR count). The van der Waals surface area contributed by atoms with Crippen LogP contribution in [-0.2, 0) is 0 Å². The quantitative estimate of drug-likeness (QED) is 0.569. The molecule has 3 N–H and O–H groups in total. The Bertz CT molecular complexity index is 204. The lowest BCUT2D eigenvalue weighted by molar-refractivity contribution is 0.0723. The monoisotopic (exact) mass is 207 g/mol. The largest absolute Gasteiger partial charge is 0.437 e. The molecule has 0 bridgehead atoms. The van der Waals surface area contributed by atoms with Gasteiger partial charge in [0.15, 0.2) is 0 Å². The van der Waals surface area contributed by atoms with Crippen molar-refractivity contribution in [2.24, 2.45) is 11.8 Å². The van der Waals surface area contributed by atoms with E-state index in [1.54, 1.807) is 6.92 Å². The van der Waals surface area contributed by atoms with Crippen LogP contribution in [0.4, 0.5) is 8.78 Å². The van der Waals surface area contributed by atoms with Gasteiger partial charge in [-0.05, 0) is 13.2 Å². The van der Waals surface area contributed by atoms with Crippen molar-refractivity contribution in [1.29, 1.82) is 0 Å². The van der Waals surface area contributed by atoms with Gasteiger partial charge in [-0.1, -0.05) is 6.92 Å². The van der Waals surface area contributed by atoms with E-state index in [2.05, 4.69) is 5.23 Å². The molecule has 0 spiro atoms. The van der Waals surface area contributed by atoms with Crippen molar-refractivity contribution >= 4 is 7.05 Å². The van der Waals surface area contributed by atoms with Crippen LogP contribution in [0.1, 0.15) is 13.3 Å². The summed E-state index contributed by atoms with van der Waals surface area (Å²) in [4.78, 5) is 0. The van der Waals surface area contributed by atoms with E-state index in [-0.39, 0.29) is 6.61 Å². The van der Waals surface area contributed by atoms with Crippen molar-refractivity contribution < 1.29 is 18.9 Å². The molecule has 0 aromatic rings. The van der Waals surface area contributed by atoms with Crippen LogP contribution in [-0.4, -0.2) is 35.8 Å². The van der Waals surface area contributed by atoms with E-state index in [1.807, 2.05) is 0 Å². The second-order valence-corrected chi connectivity index (χ2v) is 3.85. The minimum Gasteiger partial charge on any atom is -0.437 e. The zero-order chi connectivity index (χ0) is 10.9. The van der Waals surface area contributed by atoms with Crippen molar-refractivity contribution in [3.05, 3.63) is 0 Å². The molecule has 14 heavy (non-hydrogen) atoms. The number of nitrogens with one attached hydrogen (secondary N) is 1. The smallest absolute Gasteiger partial charge is 0.373 e. The number of alkyl halides is 2. The maximum atomic E-state index is 13.1. The molecule has 1 fully saturated rings. The third-order valence-electron chi connectivity index (χ3n) is 2.79. The summed E-state index contributed by atoms with van der Waals surface area (Å²) in [7, 11) is -0.874. The molecule has 0 aromatic carbocycles. The van der Waals surface area contributed by atoms with Crippen LogP contribution >= 0.6 is 0 Å². The third-order valence-corrected chi connectivity index (χ3v) is 2.79. The minimum atomic E-state index is -2.69. The van der Waals surface area contributed by atoms with Crippen molar-refractivity contribution in [3.63, 3.8) is 0 Å². The van der Waals surface area contributed by atoms with E-state index in [0.29, 0.717) is 6.42 Å². The predicted molar refractivity (Wildman–Crippen MR) is 50.1 cm³/mol. The molecular weight excluding hydrogens is 191 g/mol. The Morgan fingerprint density at radius 3 is 2.43 bits per heavy atom. The standard InChI is InChI=1S/C8H16BF2NO2/c1-3-5-7(8(5,10)11)6(4-13)12-9(2)14/h5-7,12-14H,3-4H2,1-2H3. The zero-order valence-corrected chi connectivity index (χ0v) is 8.37. The summed E-state index contributed by atoms with van der Waals surface area (Å²) >= 11 is 0. The van der Waals surface area contributed by atoms with Crippen LogP contribution in [0.15, 0.2) is 0 Å². The molecule has 0 saturated heterocycles. The molecule has 0 aliphatic heterocycles. The minimum absolute atomic E-state index is 0.373. The van der Waals surface area contributed by atoms with E-state index in [4.69, 9.17) is 10.1 Å². The molecule has 0 radical (unpaired) electrons. The normalized spacial score (nSPS) is 31.3. The van der Waals surface area contributed by atoms with Crippen molar-refractivity contribution in [3.8, 4) is 0 Å². The van der Waals surface area contributed by atoms with E-state index >= 15 is 0 Å². The van der Waals surface area contributed by atoms with Gasteiger partial charge in [0.1, 0.15) is 0 Å². The summed E-state index contributed by atoms with van der Waals surface area (Å²) in [5.74, 6) is -4.19. The Hall–Kier alpha value is -0.195. The molecule has 6 heteroatoms. The van der Waals surface area contributed by atoms with Gasteiger partial charge < -0.3 is 15.4 Å². The second-order valence-electron chi connectivity index (χ2n) is 3.85. The molecule has 1 aliphatic carbocycles. The Kier molecular flexibility index (Phi) is 3.50. The maximum absolute atomic E-state index is 13.1. The third kappa shape index (κ3) is 2.07. The van der Waals surface area contributed by atoms with Crippen LogP contribution < -0.4 is 5.23 Å². The van der Waals surface area contributed by atoms with E-state index in [1.165, 1.54) is 6.82 Å². The number of halogens is 2. The predicted octanol–water partition coefficient (Wildman–Crippen LogP) is 0.339. The molecule has 82 valence electrons. The van der Waals surface area contributed by atoms with Crippen LogP contribution in [0.3, 0.4) is 0 Å². The van der Waals surface area contributed by atoms with Gasteiger partial charge in [-0.3, -0.25) is 0 Å². The molecule has 0 heterocycles. The highest BCUT2D eigenvalue weighted by Crippen LogP contribution is 2.58. The summed E-state index contributed by atoms with van der Waals surface area (Å²) in [6, 6.07) is -0.713. The van der Waals surface area contributed by atoms with Gasteiger partial charge in [0.2, 0.25) is 0 Å². The molecule has 3 atom stereocenters. The number of aliphatic hydroxyl groups is 1. The Labute approximate surface area is 82.6 Å². The lowest BCUT2D eigenvalue weighted by Crippen LogP contribution is -2.44. The summed E-state index contributed by atoms with van der Waals surface area (Å²) in [6.07, 6.45) is 0.398. The van der Waals surface area contributed by atoms with Crippen LogP contribution in [0.5, 0.6) is 0 Å². The SMILES string of the molecule is CCC1C(C(CO)NB(C)O)C1(F)F. The fourth-order valence-corrected chi connectivity index (χ4v) is 2.07. The average molecular weight is 207 g/mol. The number of aliphatic hydroxyl groups excluding tert-OH is 1. The van der Waals surface area contributed by atoms with Crippen LogP contribution in [0.25, 0.3) is 0 Å². The highest BCUT2D eigenvalue weighted by Gasteiger charge is 2.69. The van der Waals surface area contributed by atoms with Crippen LogP contribution in [0, 0.1) is 11.8 Å². The van der Waals surface area contributed by atoms with Gasteiger partial charge in [0.25, 0.3) is 5.92 Å². The Morgan fingerprint density at radius 2 is 2.14 bits per heavy atom. The molecule has 3 nitrogen and oxygen atoms in total. The van der Waals surface area contributed by atoms with Gasteiger partial charge in [0, 0.05) is 17.9 Å². The molecular formula is C8H16BF2NO2. The van der Waals surface area contributed by atoms with Crippen LogP contribution in [0.2, 0.25) is 6.82 Å². The number of hydrogen-bond acceptors (Lipinski definition) is 3. The molecule has 1 aliphatic rings.